The third-order valence-corrected chi connectivity index (χ3v) is 3.26. The first-order chi connectivity index (χ1) is 10.1. The van der Waals surface area contributed by atoms with Crippen molar-refractivity contribution in [1.82, 2.24) is 10.6 Å². The third-order valence-electron chi connectivity index (χ3n) is 3.26. The fourth-order valence-electron chi connectivity index (χ4n) is 2.04. The van der Waals surface area contributed by atoms with Gasteiger partial charge in [-0.3, -0.25) is 14.9 Å². The van der Waals surface area contributed by atoms with Crippen LogP contribution in [0.25, 0.3) is 0 Å². The van der Waals surface area contributed by atoms with E-state index in [-0.39, 0.29) is 11.8 Å². The zero-order valence-electron chi connectivity index (χ0n) is 14.2. The van der Waals surface area contributed by atoms with Crippen LogP contribution in [0.3, 0.4) is 0 Å². The second-order valence-electron chi connectivity index (χ2n) is 6.16. The Kier molecular flexibility index (Phi) is 8.70. The van der Waals surface area contributed by atoms with Crippen molar-refractivity contribution in [2.24, 2.45) is 11.8 Å². The highest BCUT2D eigenvalue weighted by atomic mass is 16.5. The molecule has 0 saturated carbocycles. The molecule has 22 heavy (non-hydrogen) atoms. The number of hydrogen-bond acceptors (Lipinski definition) is 5. The van der Waals surface area contributed by atoms with Crippen LogP contribution in [0.1, 0.15) is 41.0 Å². The lowest BCUT2D eigenvalue weighted by Gasteiger charge is -2.26. The first kappa shape index (κ1) is 20.4. The molecule has 0 spiro atoms. The molecule has 3 N–H and O–H groups in total. The summed E-state index contributed by atoms with van der Waals surface area (Å²) in [6.45, 7) is 8.94. The van der Waals surface area contributed by atoms with Crippen molar-refractivity contribution in [3.63, 3.8) is 0 Å². The number of esters is 1. The van der Waals surface area contributed by atoms with Crippen LogP contribution < -0.4 is 10.6 Å². The molecular formula is C15H28N2O5. The molecule has 7 nitrogen and oxygen atoms in total. The second-order valence-corrected chi connectivity index (χ2v) is 6.16. The van der Waals surface area contributed by atoms with E-state index in [9.17, 15) is 14.4 Å². The molecule has 128 valence electrons. The summed E-state index contributed by atoms with van der Waals surface area (Å²) in [7, 11) is 1.28. The molecule has 0 aliphatic heterocycles. The number of ether oxygens (including phenoxy) is 1. The third kappa shape index (κ3) is 6.89. The lowest BCUT2D eigenvalue weighted by atomic mass is 10.00. The predicted octanol–water partition coefficient (Wildman–Crippen LogP) is 0.778. The van der Waals surface area contributed by atoms with Crippen molar-refractivity contribution in [1.29, 1.82) is 0 Å². The van der Waals surface area contributed by atoms with Crippen molar-refractivity contribution in [2.45, 2.75) is 59.2 Å². The predicted molar refractivity (Wildman–Crippen MR) is 82.3 cm³/mol. The molecule has 0 aromatic carbocycles. The molecule has 0 saturated heterocycles. The van der Waals surface area contributed by atoms with Crippen molar-refractivity contribution in [3.8, 4) is 0 Å². The van der Waals surface area contributed by atoms with Gasteiger partial charge < -0.3 is 15.2 Å². The maximum absolute atomic E-state index is 12.4. The topological polar surface area (TPSA) is 105 Å². The molecule has 0 aromatic heterocycles. The number of hydrogen-bond donors (Lipinski definition) is 3. The van der Waals surface area contributed by atoms with Gasteiger partial charge >= 0.3 is 11.9 Å². The molecule has 0 rings (SSSR count). The molecule has 0 heterocycles. The molecule has 0 aliphatic rings. The van der Waals surface area contributed by atoms with E-state index < -0.39 is 36.0 Å². The van der Waals surface area contributed by atoms with Gasteiger partial charge in [-0.2, -0.15) is 0 Å². The summed E-state index contributed by atoms with van der Waals surface area (Å²) in [5.41, 5.74) is 0. The minimum Gasteiger partial charge on any atom is -0.480 e. The van der Waals surface area contributed by atoms with E-state index in [0.29, 0.717) is 6.42 Å². The van der Waals surface area contributed by atoms with Crippen LogP contribution in [-0.4, -0.2) is 48.2 Å². The summed E-state index contributed by atoms with van der Waals surface area (Å²) in [5.74, 6) is -2.01. The van der Waals surface area contributed by atoms with Gasteiger partial charge in [0.2, 0.25) is 5.91 Å². The van der Waals surface area contributed by atoms with E-state index in [0.717, 1.165) is 0 Å². The van der Waals surface area contributed by atoms with Gasteiger partial charge in [0, 0.05) is 0 Å². The molecular weight excluding hydrogens is 288 g/mol. The summed E-state index contributed by atoms with van der Waals surface area (Å²) in [6.07, 6.45) is 0.484. The maximum atomic E-state index is 12.4. The molecule has 0 aromatic rings. The number of carboxylic acid groups (broad SMARTS) is 1. The Hall–Kier alpha value is -1.63. The molecule has 0 radical (unpaired) electrons. The normalized spacial score (nSPS) is 15.3. The number of aliphatic carboxylic acids is 1. The standard InChI is InChI=1S/C15H28N2O5/c1-8(2)7-11(16-10(5)15(21)22-6)13(18)17-12(9(3)4)14(19)20/h8-12,16H,7H2,1-6H3,(H,17,18)(H,19,20)/t10?,11-,12-/m0/s1. The number of rotatable bonds is 9. The second kappa shape index (κ2) is 9.40. The Morgan fingerprint density at radius 3 is 2.00 bits per heavy atom. The smallest absolute Gasteiger partial charge is 0.326 e. The number of amides is 1. The van der Waals surface area contributed by atoms with Crippen LogP contribution in [0.15, 0.2) is 0 Å². The largest absolute Gasteiger partial charge is 0.480 e. The van der Waals surface area contributed by atoms with Gasteiger partial charge in [-0.15, -0.1) is 0 Å². The van der Waals surface area contributed by atoms with Crippen molar-refractivity contribution in [2.75, 3.05) is 7.11 Å². The molecule has 1 amide bonds. The van der Waals surface area contributed by atoms with Gasteiger partial charge in [-0.25, -0.2) is 4.79 Å². The summed E-state index contributed by atoms with van der Waals surface area (Å²) in [4.78, 5) is 35.0. The van der Waals surface area contributed by atoms with E-state index in [2.05, 4.69) is 15.4 Å². The zero-order chi connectivity index (χ0) is 17.4. The highest BCUT2D eigenvalue weighted by Gasteiger charge is 2.29. The molecule has 1 unspecified atom stereocenters. The molecule has 0 aliphatic carbocycles. The Bertz CT molecular complexity index is 395. The van der Waals surface area contributed by atoms with Gasteiger partial charge in [0.1, 0.15) is 12.1 Å². The molecule has 7 heteroatoms. The van der Waals surface area contributed by atoms with E-state index in [4.69, 9.17) is 5.11 Å². The van der Waals surface area contributed by atoms with Crippen molar-refractivity contribution >= 4 is 17.8 Å². The highest BCUT2D eigenvalue weighted by molar-refractivity contribution is 5.87. The van der Waals surface area contributed by atoms with Crippen LogP contribution in [0.5, 0.6) is 0 Å². The van der Waals surface area contributed by atoms with Crippen LogP contribution in [0.2, 0.25) is 0 Å². The maximum Gasteiger partial charge on any atom is 0.326 e. The lowest BCUT2D eigenvalue weighted by molar-refractivity contribution is -0.145. The van der Waals surface area contributed by atoms with Gasteiger partial charge in [-0.05, 0) is 25.2 Å². The van der Waals surface area contributed by atoms with Crippen LogP contribution in [-0.2, 0) is 19.1 Å². The van der Waals surface area contributed by atoms with Gasteiger partial charge in [0.25, 0.3) is 0 Å². The fraction of sp³-hybridized carbons (Fsp3) is 0.800. The Morgan fingerprint density at radius 2 is 1.64 bits per heavy atom. The van der Waals surface area contributed by atoms with E-state index >= 15 is 0 Å². The average molecular weight is 316 g/mol. The summed E-state index contributed by atoms with van der Waals surface area (Å²) >= 11 is 0. The van der Waals surface area contributed by atoms with E-state index in [1.165, 1.54) is 7.11 Å². The van der Waals surface area contributed by atoms with Crippen molar-refractivity contribution < 1.29 is 24.2 Å². The van der Waals surface area contributed by atoms with Gasteiger partial charge in [0.15, 0.2) is 0 Å². The number of carbonyl (C=O) groups is 3. The number of methoxy groups -OCH3 is 1. The number of carboxylic acids is 1. The molecule has 0 fully saturated rings. The van der Waals surface area contributed by atoms with Crippen LogP contribution >= 0.6 is 0 Å². The molecule has 3 atom stereocenters. The minimum absolute atomic E-state index is 0.204. The summed E-state index contributed by atoms with van der Waals surface area (Å²) < 4.78 is 4.63. The average Bonchev–Trinajstić information content (AvgIpc) is 2.41. The van der Waals surface area contributed by atoms with E-state index in [1.54, 1.807) is 20.8 Å². The fourth-order valence-corrected chi connectivity index (χ4v) is 2.04. The zero-order valence-corrected chi connectivity index (χ0v) is 14.2. The minimum atomic E-state index is -1.08. The SMILES string of the molecule is COC(=O)C(C)N[C@@H](CC(C)C)C(=O)N[C@H](C(=O)O)C(C)C. The van der Waals surface area contributed by atoms with Crippen LogP contribution in [0.4, 0.5) is 0 Å². The quantitative estimate of drug-likeness (QED) is 0.543. The van der Waals surface area contributed by atoms with E-state index in [1.807, 2.05) is 13.8 Å². The Labute approximate surface area is 131 Å². The first-order valence-corrected chi connectivity index (χ1v) is 7.47. The van der Waals surface area contributed by atoms with Gasteiger partial charge in [-0.1, -0.05) is 27.7 Å². The Morgan fingerprint density at radius 1 is 1.09 bits per heavy atom. The monoisotopic (exact) mass is 316 g/mol. The number of carbonyl (C=O) groups excluding carboxylic acids is 2. The molecule has 0 bridgehead atoms. The summed E-state index contributed by atoms with van der Waals surface area (Å²) in [5, 5.41) is 14.6. The number of nitrogens with one attached hydrogen (secondary N) is 2. The van der Waals surface area contributed by atoms with Gasteiger partial charge in [0.05, 0.1) is 13.2 Å². The Balaban J connectivity index is 4.97. The van der Waals surface area contributed by atoms with Crippen LogP contribution in [0, 0.1) is 11.8 Å². The highest BCUT2D eigenvalue weighted by Crippen LogP contribution is 2.09. The lowest BCUT2D eigenvalue weighted by Crippen LogP contribution is -2.55. The first-order valence-electron chi connectivity index (χ1n) is 7.47. The van der Waals surface area contributed by atoms with Crippen molar-refractivity contribution in [3.05, 3.63) is 0 Å². The summed E-state index contributed by atoms with van der Waals surface area (Å²) in [6, 6.07) is -2.27.